The molecule has 0 aliphatic heterocycles. The lowest BCUT2D eigenvalue weighted by molar-refractivity contribution is -0.129. The number of aromatic nitrogens is 4. The molecule has 1 amide bonds. The number of benzene rings is 1. The Hall–Kier alpha value is -2.60. The van der Waals surface area contributed by atoms with Crippen LogP contribution in [0.15, 0.2) is 48.9 Å². The predicted octanol–water partition coefficient (Wildman–Crippen LogP) is 2.98. The van der Waals surface area contributed by atoms with Gasteiger partial charge in [0.25, 0.3) is 0 Å². The van der Waals surface area contributed by atoms with Crippen molar-refractivity contribution in [1.29, 1.82) is 0 Å². The first-order chi connectivity index (χ1) is 11.5. The van der Waals surface area contributed by atoms with Crippen LogP contribution in [0, 0.1) is 0 Å². The van der Waals surface area contributed by atoms with Crippen LogP contribution in [0.25, 0.3) is 11.3 Å². The Kier molecular flexibility index (Phi) is 4.40. The summed E-state index contributed by atoms with van der Waals surface area (Å²) in [5, 5.41) is 14.4. The van der Waals surface area contributed by atoms with Crippen LogP contribution in [-0.2, 0) is 16.9 Å². The topological polar surface area (TPSA) is 75.6 Å². The van der Waals surface area contributed by atoms with Gasteiger partial charge < -0.3 is 5.32 Å². The van der Waals surface area contributed by atoms with E-state index in [4.69, 9.17) is 11.6 Å². The molecule has 6 nitrogen and oxygen atoms in total. The maximum Gasteiger partial charge on any atom is 0.247 e. The first-order valence-corrected chi connectivity index (χ1v) is 7.92. The van der Waals surface area contributed by atoms with Crippen molar-refractivity contribution >= 4 is 17.5 Å². The van der Waals surface area contributed by atoms with Crippen LogP contribution in [0.5, 0.6) is 0 Å². The molecular weight excluding hydrogens is 326 g/mol. The summed E-state index contributed by atoms with van der Waals surface area (Å²) in [7, 11) is 0. The number of rotatable bonds is 5. The van der Waals surface area contributed by atoms with Gasteiger partial charge in [0, 0.05) is 18.9 Å². The van der Waals surface area contributed by atoms with Crippen molar-refractivity contribution < 1.29 is 4.79 Å². The molecule has 0 bridgehead atoms. The number of hydrogen-bond donors (Lipinski definition) is 2. The molecule has 3 aromatic rings. The Balaban J connectivity index is 1.64. The average Bonchev–Trinajstić information content (AvgIpc) is 3.24. The Morgan fingerprint density at radius 2 is 2.04 bits per heavy atom. The van der Waals surface area contributed by atoms with E-state index < -0.39 is 5.54 Å². The molecule has 7 heteroatoms. The highest BCUT2D eigenvalue weighted by atomic mass is 35.5. The standard InChI is InChI=1S/C17H18ClN5O/c1-17(2,23-11-14(18)10-21-23)16(24)19-9-12-3-5-13(6-4-12)15-7-8-20-22-15/h3-8,10-11H,9H2,1-2H3,(H,19,24)(H,20,22). The van der Waals surface area contributed by atoms with Gasteiger partial charge in [0.1, 0.15) is 5.54 Å². The lowest BCUT2D eigenvalue weighted by atomic mass is 10.0. The van der Waals surface area contributed by atoms with Crippen molar-refractivity contribution in [3.05, 3.63) is 59.5 Å². The summed E-state index contributed by atoms with van der Waals surface area (Å²) < 4.78 is 1.56. The number of hydrogen-bond acceptors (Lipinski definition) is 3. The van der Waals surface area contributed by atoms with Crippen molar-refractivity contribution in [3.63, 3.8) is 0 Å². The molecule has 0 aliphatic rings. The number of carbonyl (C=O) groups excluding carboxylic acids is 1. The molecule has 0 aliphatic carbocycles. The monoisotopic (exact) mass is 343 g/mol. The molecule has 0 saturated carbocycles. The van der Waals surface area contributed by atoms with Crippen LogP contribution in [0.1, 0.15) is 19.4 Å². The molecule has 0 atom stereocenters. The summed E-state index contributed by atoms with van der Waals surface area (Å²) >= 11 is 5.88. The van der Waals surface area contributed by atoms with Gasteiger partial charge in [-0.05, 0) is 31.0 Å². The van der Waals surface area contributed by atoms with E-state index in [0.717, 1.165) is 16.8 Å². The third-order valence-electron chi connectivity index (χ3n) is 3.90. The second-order valence-electron chi connectivity index (χ2n) is 6.01. The van der Waals surface area contributed by atoms with E-state index in [1.165, 1.54) is 6.20 Å². The van der Waals surface area contributed by atoms with Crippen molar-refractivity contribution in [2.75, 3.05) is 0 Å². The van der Waals surface area contributed by atoms with Gasteiger partial charge in [-0.2, -0.15) is 10.2 Å². The number of halogens is 1. The fraction of sp³-hybridized carbons (Fsp3) is 0.235. The third kappa shape index (κ3) is 3.33. The Morgan fingerprint density at radius 1 is 1.29 bits per heavy atom. The second kappa shape index (κ2) is 6.49. The van der Waals surface area contributed by atoms with Crippen LogP contribution in [0.2, 0.25) is 5.02 Å². The van der Waals surface area contributed by atoms with Gasteiger partial charge in [0.2, 0.25) is 5.91 Å². The molecule has 3 rings (SSSR count). The third-order valence-corrected chi connectivity index (χ3v) is 4.09. The van der Waals surface area contributed by atoms with E-state index in [-0.39, 0.29) is 5.91 Å². The molecule has 0 fully saturated rings. The summed E-state index contributed by atoms with van der Waals surface area (Å²) in [4.78, 5) is 12.5. The zero-order chi connectivity index (χ0) is 17.2. The summed E-state index contributed by atoms with van der Waals surface area (Å²) in [6.45, 7) is 4.04. The molecule has 24 heavy (non-hydrogen) atoms. The van der Waals surface area contributed by atoms with Crippen molar-refractivity contribution in [3.8, 4) is 11.3 Å². The minimum atomic E-state index is -0.816. The maximum atomic E-state index is 12.5. The molecule has 0 radical (unpaired) electrons. The molecular formula is C17H18ClN5O. The lowest BCUT2D eigenvalue weighted by Crippen LogP contribution is -2.44. The fourth-order valence-electron chi connectivity index (χ4n) is 2.33. The van der Waals surface area contributed by atoms with Gasteiger partial charge in [-0.15, -0.1) is 0 Å². The normalized spacial score (nSPS) is 11.5. The van der Waals surface area contributed by atoms with Crippen LogP contribution in [-0.4, -0.2) is 25.9 Å². The van der Waals surface area contributed by atoms with E-state index in [9.17, 15) is 4.79 Å². The van der Waals surface area contributed by atoms with E-state index in [0.29, 0.717) is 11.6 Å². The molecule has 2 heterocycles. The maximum absolute atomic E-state index is 12.5. The summed E-state index contributed by atoms with van der Waals surface area (Å²) in [6, 6.07) is 9.86. The molecule has 2 aromatic heterocycles. The number of carbonyl (C=O) groups is 1. The Labute approximate surface area is 144 Å². The van der Waals surface area contributed by atoms with Gasteiger partial charge in [-0.25, -0.2) is 0 Å². The van der Waals surface area contributed by atoms with Crippen LogP contribution in [0.4, 0.5) is 0 Å². The van der Waals surface area contributed by atoms with Crippen molar-refractivity contribution in [2.24, 2.45) is 0 Å². The minimum Gasteiger partial charge on any atom is -0.350 e. The average molecular weight is 344 g/mol. The predicted molar refractivity (Wildman–Crippen MR) is 92.4 cm³/mol. The van der Waals surface area contributed by atoms with Gasteiger partial charge in [0.05, 0.1) is 16.9 Å². The smallest absolute Gasteiger partial charge is 0.247 e. The highest BCUT2D eigenvalue weighted by Crippen LogP contribution is 2.19. The number of amides is 1. The van der Waals surface area contributed by atoms with Crippen molar-refractivity contribution in [1.82, 2.24) is 25.3 Å². The molecule has 0 unspecified atom stereocenters. The SMILES string of the molecule is CC(C)(C(=O)NCc1ccc(-c2ccn[nH]2)cc1)n1cc(Cl)cn1. The van der Waals surface area contributed by atoms with Gasteiger partial charge in [-0.1, -0.05) is 35.9 Å². The van der Waals surface area contributed by atoms with Crippen LogP contribution < -0.4 is 5.32 Å². The summed E-state index contributed by atoms with van der Waals surface area (Å²) in [5.41, 5.74) is 2.21. The lowest BCUT2D eigenvalue weighted by Gasteiger charge is -2.24. The van der Waals surface area contributed by atoms with E-state index in [1.807, 2.05) is 30.3 Å². The largest absolute Gasteiger partial charge is 0.350 e. The molecule has 1 aromatic carbocycles. The zero-order valence-electron chi connectivity index (χ0n) is 13.5. The van der Waals surface area contributed by atoms with Crippen molar-refractivity contribution in [2.45, 2.75) is 25.9 Å². The molecule has 0 saturated heterocycles. The van der Waals surface area contributed by atoms with E-state index in [2.05, 4.69) is 20.6 Å². The zero-order valence-corrected chi connectivity index (χ0v) is 14.2. The molecule has 0 spiro atoms. The Bertz CT molecular complexity index is 821. The number of aromatic amines is 1. The quantitative estimate of drug-likeness (QED) is 0.747. The van der Waals surface area contributed by atoms with Gasteiger partial charge >= 0.3 is 0 Å². The highest BCUT2D eigenvalue weighted by molar-refractivity contribution is 6.30. The van der Waals surface area contributed by atoms with Crippen LogP contribution >= 0.6 is 11.6 Å². The van der Waals surface area contributed by atoms with Gasteiger partial charge in [-0.3, -0.25) is 14.6 Å². The number of nitrogens with zero attached hydrogens (tertiary/aromatic N) is 3. The Morgan fingerprint density at radius 3 is 2.62 bits per heavy atom. The fourth-order valence-corrected chi connectivity index (χ4v) is 2.46. The molecule has 2 N–H and O–H groups in total. The number of H-pyrrole nitrogens is 1. The molecule has 124 valence electrons. The summed E-state index contributed by atoms with van der Waals surface area (Å²) in [6.07, 6.45) is 4.87. The van der Waals surface area contributed by atoms with E-state index >= 15 is 0 Å². The number of nitrogens with one attached hydrogen (secondary N) is 2. The first kappa shape index (κ1) is 16.3. The van der Waals surface area contributed by atoms with E-state index in [1.54, 1.807) is 30.9 Å². The first-order valence-electron chi connectivity index (χ1n) is 7.54. The summed E-state index contributed by atoms with van der Waals surface area (Å²) in [5.74, 6) is -0.125. The van der Waals surface area contributed by atoms with Gasteiger partial charge in [0.15, 0.2) is 0 Å². The minimum absolute atomic E-state index is 0.125. The van der Waals surface area contributed by atoms with Crippen LogP contribution in [0.3, 0.4) is 0 Å². The second-order valence-corrected chi connectivity index (χ2v) is 6.45. The highest BCUT2D eigenvalue weighted by Gasteiger charge is 2.30.